The molecule has 0 aliphatic carbocycles. The summed E-state index contributed by atoms with van der Waals surface area (Å²) >= 11 is 0. The normalized spacial score (nSPS) is 11.7. The minimum atomic E-state index is -5.28. The molecule has 0 aliphatic heterocycles. The van der Waals surface area contributed by atoms with Gasteiger partial charge in [0.05, 0.1) is 12.2 Å². The summed E-state index contributed by atoms with van der Waals surface area (Å²) in [6, 6.07) is 9.72. The first-order valence-electron chi connectivity index (χ1n) is 9.19. The minimum Gasteiger partial charge on any atom is -0.618 e. The third-order valence-electron chi connectivity index (χ3n) is 4.35. The number of rotatable bonds is 5. The summed E-state index contributed by atoms with van der Waals surface area (Å²) < 4.78 is 45.3. The second-order valence-corrected chi connectivity index (χ2v) is 7.17. The summed E-state index contributed by atoms with van der Waals surface area (Å²) in [5, 5.41) is 25.5. The Morgan fingerprint density at radius 2 is 1.61 bits per heavy atom. The van der Waals surface area contributed by atoms with E-state index in [0.717, 1.165) is 18.2 Å². The molecular formula is C21H17F3N2O5. The maximum absolute atomic E-state index is 13.7. The molecule has 0 spiro atoms. The van der Waals surface area contributed by atoms with Crippen LogP contribution in [0.3, 0.4) is 0 Å². The lowest BCUT2D eigenvalue weighted by Gasteiger charge is -2.14. The van der Waals surface area contributed by atoms with Crippen LogP contribution in [0.2, 0.25) is 0 Å². The molecule has 162 valence electrons. The van der Waals surface area contributed by atoms with E-state index in [1.54, 1.807) is 13.8 Å². The lowest BCUT2D eigenvalue weighted by atomic mass is 10.1. The summed E-state index contributed by atoms with van der Waals surface area (Å²) in [4.78, 5) is 25.0. The van der Waals surface area contributed by atoms with Gasteiger partial charge in [-0.25, -0.2) is 4.79 Å². The number of benzene rings is 2. The Bertz CT molecular complexity index is 1160. The number of halogens is 3. The monoisotopic (exact) mass is 434 g/mol. The van der Waals surface area contributed by atoms with Crippen LogP contribution in [0.5, 0.6) is 0 Å². The smallest absolute Gasteiger partial charge is 0.486 e. The van der Waals surface area contributed by atoms with Crippen molar-refractivity contribution in [2.75, 3.05) is 6.61 Å². The summed E-state index contributed by atoms with van der Waals surface area (Å²) in [5.41, 5.74) is -4.87. The molecule has 31 heavy (non-hydrogen) atoms. The zero-order valence-corrected chi connectivity index (χ0v) is 16.5. The van der Waals surface area contributed by atoms with Crippen LogP contribution in [-0.2, 0) is 10.9 Å². The highest BCUT2D eigenvalue weighted by molar-refractivity contribution is 6.07. The molecule has 0 N–H and O–H groups in total. The van der Waals surface area contributed by atoms with E-state index in [0.29, 0.717) is 0 Å². The van der Waals surface area contributed by atoms with Gasteiger partial charge < -0.3 is 15.2 Å². The second kappa shape index (κ2) is 8.21. The number of carbonyl (C=O) groups excluding carboxylic acids is 2. The molecule has 1 aromatic heterocycles. The van der Waals surface area contributed by atoms with Crippen molar-refractivity contribution in [3.05, 3.63) is 81.5 Å². The molecule has 3 aromatic rings. The number of aromatic nitrogens is 2. The van der Waals surface area contributed by atoms with Crippen LogP contribution in [0.15, 0.2) is 48.5 Å². The molecule has 0 amide bonds. The lowest BCUT2D eigenvalue weighted by Crippen LogP contribution is -2.50. The van der Waals surface area contributed by atoms with Crippen molar-refractivity contribution < 1.29 is 37.0 Å². The van der Waals surface area contributed by atoms with Gasteiger partial charge in [-0.3, -0.25) is 4.79 Å². The van der Waals surface area contributed by atoms with Crippen molar-refractivity contribution in [1.82, 2.24) is 0 Å². The molecule has 0 bridgehead atoms. The van der Waals surface area contributed by atoms with Crippen LogP contribution < -0.4 is 9.46 Å². The van der Waals surface area contributed by atoms with E-state index in [1.165, 1.54) is 30.3 Å². The molecule has 3 rings (SSSR count). The van der Waals surface area contributed by atoms with Gasteiger partial charge in [0, 0.05) is 17.7 Å². The summed E-state index contributed by atoms with van der Waals surface area (Å²) in [6.07, 6.45) is -5.28. The Labute approximate surface area is 174 Å². The van der Waals surface area contributed by atoms with Crippen LogP contribution in [0.25, 0.3) is 11.0 Å². The quantitative estimate of drug-likeness (QED) is 0.266. The van der Waals surface area contributed by atoms with E-state index in [9.17, 15) is 33.2 Å². The first-order chi connectivity index (χ1) is 14.5. The van der Waals surface area contributed by atoms with Gasteiger partial charge in [0.1, 0.15) is 0 Å². The Morgan fingerprint density at radius 3 is 2.19 bits per heavy atom. The van der Waals surface area contributed by atoms with Crippen LogP contribution in [0, 0.1) is 16.3 Å². The van der Waals surface area contributed by atoms with Gasteiger partial charge in [-0.2, -0.15) is 17.9 Å². The van der Waals surface area contributed by atoms with Gasteiger partial charge in [0.15, 0.2) is 0 Å². The molecule has 0 saturated carbocycles. The number of fused-ring (bicyclic) bond motifs is 1. The number of ketones is 1. The zero-order valence-electron chi connectivity index (χ0n) is 16.5. The number of ether oxygens (including phenoxy) is 1. The van der Waals surface area contributed by atoms with E-state index in [-0.39, 0.29) is 28.4 Å². The largest absolute Gasteiger partial charge is 0.618 e. The van der Waals surface area contributed by atoms with Gasteiger partial charge in [-0.15, -0.1) is 4.73 Å². The van der Waals surface area contributed by atoms with Crippen molar-refractivity contribution >= 4 is 22.8 Å². The average molecular weight is 434 g/mol. The average Bonchev–Trinajstić information content (AvgIpc) is 2.73. The number of nitrogens with zero attached hydrogens (tertiary/aromatic N) is 2. The van der Waals surface area contributed by atoms with E-state index < -0.39 is 45.1 Å². The van der Waals surface area contributed by atoms with E-state index in [1.807, 2.05) is 0 Å². The molecule has 7 nitrogen and oxygen atoms in total. The zero-order chi connectivity index (χ0) is 22.9. The predicted octanol–water partition coefficient (Wildman–Crippen LogP) is 3.17. The van der Waals surface area contributed by atoms with Crippen LogP contribution in [0.1, 0.15) is 46.0 Å². The van der Waals surface area contributed by atoms with Crippen LogP contribution in [-0.4, -0.2) is 18.4 Å². The Balaban J connectivity index is 2.26. The number of hydrogen-bond donors (Lipinski definition) is 0. The first kappa shape index (κ1) is 22.0. The van der Waals surface area contributed by atoms with Gasteiger partial charge in [-0.1, -0.05) is 44.2 Å². The fraction of sp³-hybridized carbons (Fsp3) is 0.238. The molecule has 0 fully saturated rings. The lowest BCUT2D eigenvalue weighted by molar-refractivity contribution is -0.647. The van der Waals surface area contributed by atoms with E-state index in [4.69, 9.17) is 4.74 Å². The summed E-state index contributed by atoms with van der Waals surface area (Å²) in [5.74, 6) is -2.06. The predicted molar refractivity (Wildman–Crippen MR) is 102 cm³/mol. The third-order valence-corrected chi connectivity index (χ3v) is 4.35. The second-order valence-electron chi connectivity index (χ2n) is 7.17. The number of alkyl halides is 3. The Kier molecular flexibility index (Phi) is 5.83. The molecule has 0 aliphatic rings. The van der Waals surface area contributed by atoms with E-state index >= 15 is 0 Å². The van der Waals surface area contributed by atoms with Crippen molar-refractivity contribution in [2.45, 2.75) is 20.0 Å². The molecule has 10 heteroatoms. The fourth-order valence-electron chi connectivity index (χ4n) is 2.92. The summed E-state index contributed by atoms with van der Waals surface area (Å²) in [6.45, 7) is 3.69. The SMILES string of the molecule is CC(C)COC(=O)c1ccc2c(c1)[n+]([O-])c(C(=O)c1ccccc1)c(C(F)(F)F)[n+]2[O-]. The Hall–Kier alpha value is -3.69. The van der Waals surface area contributed by atoms with Gasteiger partial charge in [0.25, 0.3) is 16.8 Å². The van der Waals surface area contributed by atoms with Crippen molar-refractivity contribution in [3.8, 4) is 0 Å². The van der Waals surface area contributed by atoms with Crippen molar-refractivity contribution in [2.24, 2.45) is 5.92 Å². The highest BCUT2D eigenvalue weighted by Crippen LogP contribution is 2.30. The van der Waals surface area contributed by atoms with Crippen LogP contribution >= 0.6 is 0 Å². The van der Waals surface area contributed by atoms with Crippen LogP contribution in [0.4, 0.5) is 13.2 Å². The molecule has 0 atom stereocenters. The number of hydrogen-bond acceptors (Lipinski definition) is 5. The van der Waals surface area contributed by atoms with Gasteiger partial charge in [-0.05, 0) is 12.0 Å². The van der Waals surface area contributed by atoms with Gasteiger partial charge >= 0.3 is 23.5 Å². The minimum absolute atomic E-state index is 0.0297. The first-order valence-corrected chi connectivity index (χ1v) is 9.19. The maximum Gasteiger partial charge on any atom is 0.486 e. The number of esters is 1. The molecule has 0 saturated heterocycles. The van der Waals surface area contributed by atoms with Gasteiger partial charge in [0.2, 0.25) is 0 Å². The standard InChI is InChI=1S/C21H17F3N2O5/c1-12(2)11-31-20(28)14-8-9-15-16(10-14)25(29)17(19(26(15)30)21(22,23)24)18(27)13-6-4-3-5-7-13/h3-10,12H,11H2,1-2H3. The molecule has 2 aromatic carbocycles. The Morgan fingerprint density at radius 1 is 0.968 bits per heavy atom. The molecule has 0 radical (unpaired) electrons. The van der Waals surface area contributed by atoms with E-state index in [2.05, 4.69) is 0 Å². The highest BCUT2D eigenvalue weighted by Gasteiger charge is 2.51. The molecule has 1 heterocycles. The van der Waals surface area contributed by atoms with Crippen molar-refractivity contribution in [3.63, 3.8) is 0 Å². The topological polar surface area (TPSA) is 97.2 Å². The maximum atomic E-state index is 13.7. The summed E-state index contributed by atoms with van der Waals surface area (Å²) in [7, 11) is 0. The highest BCUT2D eigenvalue weighted by atomic mass is 19.4. The van der Waals surface area contributed by atoms with Crippen molar-refractivity contribution in [1.29, 1.82) is 0 Å². The fourth-order valence-corrected chi connectivity index (χ4v) is 2.92. The third kappa shape index (κ3) is 4.27. The number of carbonyl (C=O) groups is 2. The molecule has 0 unspecified atom stereocenters. The molecular weight excluding hydrogens is 417 g/mol.